The predicted octanol–water partition coefficient (Wildman–Crippen LogP) is 4.93. The van der Waals surface area contributed by atoms with Crippen molar-refractivity contribution in [1.82, 2.24) is 4.40 Å². The molecule has 1 N–H and O–H groups in total. The number of carbonyl (C=O) groups excluding carboxylic acids is 1. The van der Waals surface area contributed by atoms with Gasteiger partial charge in [-0.15, -0.1) is 0 Å². The molecule has 2 aromatic heterocycles. The molecule has 4 nitrogen and oxygen atoms in total. The lowest BCUT2D eigenvalue weighted by Crippen LogP contribution is -2.14. The van der Waals surface area contributed by atoms with Gasteiger partial charge in [0, 0.05) is 11.9 Å². The van der Waals surface area contributed by atoms with Crippen LogP contribution in [0.25, 0.3) is 5.52 Å². The average Bonchev–Trinajstić information content (AvgIpc) is 3.12. The second-order valence-electron chi connectivity index (χ2n) is 6.28. The van der Waals surface area contributed by atoms with Crippen molar-refractivity contribution < 1.29 is 9.53 Å². The second kappa shape index (κ2) is 7.38. The van der Waals surface area contributed by atoms with Crippen LogP contribution in [0.15, 0.2) is 91.1 Å². The third-order valence-electron chi connectivity index (χ3n) is 4.62. The fourth-order valence-electron chi connectivity index (χ4n) is 3.35. The molecular formula is C23H20N2O2. The van der Waals surface area contributed by atoms with E-state index < -0.39 is 0 Å². The molecule has 2 heterocycles. The largest absolute Gasteiger partial charge is 0.465 e. The van der Waals surface area contributed by atoms with E-state index in [1.54, 1.807) is 0 Å². The lowest BCUT2D eigenvalue weighted by Gasteiger charge is -2.21. The SMILES string of the molecule is COC(=O)c1cc([C@@H](Nc2ccccc2)c2ccccc2)n2ccccc12. The van der Waals surface area contributed by atoms with Gasteiger partial charge in [0.25, 0.3) is 0 Å². The van der Waals surface area contributed by atoms with Gasteiger partial charge in [0.15, 0.2) is 0 Å². The smallest absolute Gasteiger partial charge is 0.340 e. The molecule has 0 saturated heterocycles. The Hall–Kier alpha value is -3.53. The van der Waals surface area contributed by atoms with Crippen molar-refractivity contribution in [3.63, 3.8) is 0 Å². The summed E-state index contributed by atoms with van der Waals surface area (Å²) in [6, 6.07) is 27.9. The highest BCUT2D eigenvalue weighted by molar-refractivity contribution is 5.97. The minimum Gasteiger partial charge on any atom is -0.465 e. The Kier molecular flexibility index (Phi) is 4.62. The van der Waals surface area contributed by atoms with Gasteiger partial charge in [-0.1, -0.05) is 54.6 Å². The number of aromatic nitrogens is 1. The third kappa shape index (κ3) is 3.29. The van der Waals surface area contributed by atoms with Crippen LogP contribution in [0, 0.1) is 0 Å². The van der Waals surface area contributed by atoms with E-state index in [2.05, 4.69) is 17.4 Å². The van der Waals surface area contributed by atoms with Crippen LogP contribution in [0.4, 0.5) is 5.69 Å². The van der Waals surface area contributed by atoms with Gasteiger partial charge in [-0.2, -0.15) is 0 Å². The lowest BCUT2D eigenvalue weighted by molar-refractivity contribution is 0.0603. The van der Waals surface area contributed by atoms with E-state index in [1.807, 2.05) is 83.4 Å². The maximum Gasteiger partial charge on any atom is 0.340 e. The van der Waals surface area contributed by atoms with Crippen LogP contribution < -0.4 is 5.32 Å². The Morgan fingerprint density at radius 3 is 2.30 bits per heavy atom. The number of nitrogens with one attached hydrogen (secondary N) is 1. The molecule has 0 aliphatic rings. The molecule has 4 rings (SSSR count). The van der Waals surface area contributed by atoms with E-state index in [4.69, 9.17) is 4.74 Å². The maximum atomic E-state index is 12.3. The van der Waals surface area contributed by atoms with Gasteiger partial charge in [0.1, 0.15) is 0 Å². The molecule has 0 amide bonds. The van der Waals surface area contributed by atoms with Gasteiger partial charge < -0.3 is 14.5 Å². The van der Waals surface area contributed by atoms with Crippen molar-refractivity contribution >= 4 is 17.2 Å². The summed E-state index contributed by atoms with van der Waals surface area (Å²) < 4.78 is 7.03. The fourth-order valence-corrected chi connectivity index (χ4v) is 3.35. The first kappa shape index (κ1) is 16.9. The first-order valence-electron chi connectivity index (χ1n) is 8.83. The molecule has 0 radical (unpaired) electrons. The van der Waals surface area contributed by atoms with Crippen LogP contribution in [0.2, 0.25) is 0 Å². The van der Waals surface area contributed by atoms with Crippen LogP contribution >= 0.6 is 0 Å². The Balaban J connectivity index is 1.89. The van der Waals surface area contributed by atoms with Crippen molar-refractivity contribution in [1.29, 1.82) is 0 Å². The molecule has 0 bridgehead atoms. The number of hydrogen-bond donors (Lipinski definition) is 1. The van der Waals surface area contributed by atoms with Gasteiger partial charge in [-0.05, 0) is 35.9 Å². The molecule has 27 heavy (non-hydrogen) atoms. The monoisotopic (exact) mass is 356 g/mol. The normalized spacial score (nSPS) is 11.9. The molecule has 4 heteroatoms. The molecule has 0 fully saturated rings. The molecule has 4 aromatic rings. The molecule has 0 aliphatic carbocycles. The quantitative estimate of drug-likeness (QED) is 0.516. The van der Waals surface area contributed by atoms with Gasteiger partial charge in [-0.3, -0.25) is 0 Å². The Morgan fingerprint density at radius 1 is 0.926 bits per heavy atom. The number of carbonyl (C=O) groups is 1. The Labute approximate surface area is 158 Å². The highest BCUT2D eigenvalue weighted by Crippen LogP contribution is 2.30. The summed E-state index contributed by atoms with van der Waals surface area (Å²) in [5.74, 6) is -0.337. The predicted molar refractivity (Wildman–Crippen MR) is 107 cm³/mol. The summed E-state index contributed by atoms with van der Waals surface area (Å²) in [5.41, 5.74) is 4.48. The standard InChI is InChI=1S/C23H20N2O2/c1-27-23(26)19-16-21(25-15-9-8-14-20(19)25)22(17-10-4-2-5-11-17)24-18-12-6-3-7-13-18/h2-16,22,24H,1H3/t22-/m0/s1. The summed E-state index contributed by atoms with van der Waals surface area (Å²) >= 11 is 0. The summed E-state index contributed by atoms with van der Waals surface area (Å²) in [6.07, 6.45) is 1.97. The Bertz CT molecular complexity index is 1060. The minimum absolute atomic E-state index is 0.123. The van der Waals surface area contributed by atoms with Crippen molar-refractivity contribution in [2.75, 3.05) is 12.4 Å². The number of fused-ring (bicyclic) bond motifs is 1. The molecule has 2 aromatic carbocycles. The van der Waals surface area contributed by atoms with E-state index in [0.717, 1.165) is 22.5 Å². The first-order valence-corrected chi connectivity index (χ1v) is 8.83. The summed E-state index contributed by atoms with van der Waals surface area (Å²) in [5, 5.41) is 3.60. The zero-order valence-corrected chi connectivity index (χ0v) is 15.0. The zero-order chi connectivity index (χ0) is 18.6. The van der Waals surface area contributed by atoms with E-state index in [9.17, 15) is 4.79 Å². The molecule has 1 atom stereocenters. The summed E-state index contributed by atoms with van der Waals surface area (Å²) in [6.45, 7) is 0. The van der Waals surface area contributed by atoms with Crippen LogP contribution in [0.5, 0.6) is 0 Å². The number of rotatable bonds is 5. The number of anilines is 1. The highest BCUT2D eigenvalue weighted by Gasteiger charge is 2.22. The maximum absolute atomic E-state index is 12.3. The Morgan fingerprint density at radius 2 is 1.59 bits per heavy atom. The van der Waals surface area contributed by atoms with E-state index >= 15 is 0 Å². The number of nitrogens with zero attached hydrogens (tertiary/aromatic N) is 1. The van der Waals surface area contributed by atoms with Crippen LogP contribution in [0.1, 0.15) is 27.7 Å². The molecule has 134 valence electrons. The third-order valence-corrected chi connectivity index (χ3v) is 4.62. The average molecular weight is 356 g/mol. The van der Waals surface area contributed by atoms with Crippen LogP contribution in [-0.2, 0) is 4.74 Å². The lowest BCUT2D eigenvalue weighted by atomic mass is 10.0. The fraction of sp³-hybridized carbons (Fsp3) is 0.0870. The zero-order valence-electron chi connectivity index (χ0n) is 15.0. The van der Waals surface area contributed by atoms with Gasteiger partial charge >= 0.3 is 5.97 Å². The van der Waals surface area contributed by atoms with Crippen LogP contribution in [0.3, 0.4) is 0 Å². The highest BCUT2D eigenvalue weighted by atomic mass is 16.5. The molecule has 0 spiro atoms. The topological polar surface area (TPSA) is 42.7 Å². The molecule has 0 saturated carbocycles. The van der Waals surface area contributed by atoms with Crippen molar-refractivity contribution in [2.24, 2.45) is 0 Å². The minimum atomic E-state index is -0.337. The second-order valence-corrected chi connectivity index (χ2v) is 6.28. The molecular weight excluding hydrogens is 336 g/mol. The summed E-state index contributed by atoms with van der Waals surface area (Å²) in [4.78, 5) is 12.3. The van der Waals surface area contributed by atoms with Crippen molar-refractivity contribution in [2.45, 2.75) is 6.04 Å². The van der Waals surface area contributed by atoms with E-state index in [0.29, 0.717) is 5.56 Å². The first-order chi connectivity index (χ1) is 13.3. The van der Waals surface area contributed by atoms with Gasteiger partial charge in [-0.25, -0.2) is 4.79 Å². The van der Waals surface area contributed by atoms with Crippen molar-refractivity contribution in [3.8, 4) is 0 Å². The van der Waals surface area contributed by atoms with E-state index in [1.165, 1.54) is 7.11 Å². The summed E-state index contributed by atoms with van der Waals surface area (Å²) in [7, 11) is 1.41. The van der Waals surface area contributed by atoms with Crippen LogP contribution in [-0.4, -0.2) is 17.5 Å². The number of benzene rings is 2. The number of para-hydroxylation sites is 1. The van der Waals surface area contributed by atoms with Crippen molar-refractivity contribution in [3.05, 3.63) is 108 Å². The van der Waals surface area contributed by atoms with Gasteiger partial charge in [0.05, 0.1) is 29.9 Å². The molecule has 0 unspecified atom stereocenters. The number of hydrogen-bond acceptors (Lipinski definition) is 3. The number of pyridine rings is 1. The van der Waals surface area contributed by atoms with Gasteiger partial charge in [0.2, 0.25) is 0 Å². The molecule has 0 aliphatic heterocycles. The number of ether oxygens (including phenoxy) is 1. The number of esters is 1. The van der Waals surface area contributed by atoms with E-state index in [-0.39, 0.29) is 12.0 Å². The number of methoxy groups -OCH3 is 1.